The van der Waals surface area contributed by atoms with Crippen molar-refractivity contribution < 1.29 is 24.0 Å². The molecule has 38 heavy (non-hydrogen) atoms. The van der Waals surface area contributed by atoms with Crippen molar-refractivity contribution in [3.05, 3.63) is 30.1 Å². The molecule has 0 saturated heterocycles. The van der Waals surface area contributed by atoms with Gasteiger partial charge in [0.2, 0.25) is 17.6 Å². The molecule has 1 heterocycles. The summed E-state index contributed by atoms with van der Waals surface area (Å²) in [5, 5.41) is 10.9. The van der Waals surface area contributed by atoms with Crippen molar-refractivity contribution in [1.82, 2.24) is 26.3 Å². The van der Waals surface area contributed by atoms with E-state index in [1.807, 2.05) is 6.92 Å². The van der Waals surface area contributed by atoms with Crippen LogP contribution in [0.5, 0.6) is 0 Å². The molecule has 210 valence electrons. The Morgan fingerprint density at radius 1 is 0.947 bits per heavy atom. The Bertz CT molecular complexity index is 970. The van der Waals surface area contributed by atoms with Crippen LogP contribution in [0.2, 0.25) is 0 Å². The molecule has 1 aromatic heterocycles. The highest BCUT2D eigenvalue weighted by molar-refractivity contribution is 6.38. The number of carbonyl (C=O) groups excluding carboxylic acids is 5. The maximum absolute atomic E-state index is 13.1. The van der Waals surface area contributed by atoms with Crippen LogP contribution in [0.15, 0.2) is 24.5 Å². The number of nitrogens with zero attached hydrogens (tertiary/aromatic N) is 1. The van der Waals surface area contributed by atoms with Crippen molar-refractivity contribution in [2.75, 3.05) is 0 Å². The Morgan fingerprint density at radius 2 is 1.58 bits per heavy atom. The lowest BCUT2D eigenvalue weighted by Crippen LogP contribution is -2.58. The van der Waals surface area contributed by atoms with E-state index in [-0.39, 0.29) is 6.04 Å². The second-order valence-corrected chi connectivity index (χ2v) is 11.1. The molecule has 10 nitrogen and oxygen atoms in total. The number of Topliss-reactive ketones (excluding diaryl/α,β-unsaturated/α-hetero) is 1. The van der Waals surface area contributed by atoms with Crippen molar-refractivity contribution in [2.24, 2.45) is 5.41 Å². The van der Waals surface area contributed by atoms with Crippen molar-refractivity contribution in [3.8, 4) is 0 Å². The first-order chi connectivity index (χ1) is 17.9. The van der Waals surface area contributed by atoms with Gasteiger partial charge in [0.1, 0.15) is 12.1 Å². The molecule has 0 bridgehead atoms. The Balaban J connectivity index is 2.03. The molecule has 0 aromatic carbocycles. The topological polar surface area (TPSA) is 146 Å². The maximum Gasteiger partial charge on any atom is 0.289 e. The lowest BCUT2D eigenvalue weighted by Gasteiger charge is -2.31. The number of unbranched alkanes of at least 4 members (excludes halogenated alkanes) is 1. The molecule has 1 fully saturated rings. The highest BCUT2D eigenvalue weighted by Crippen LogP contribution is 2.20. The van der Waals surface area contributed by atoms with Crippen LogP contribution in [0, 0.1) is 5.41 Å². The van der Waals surface area contributed by atoms with E-state index in [1.54, 1.807) is 32.9 Å². The van der Waals surface area contributed by atoms with Gasteiger partial charge in [-0.05, 0) is 43.7 Å². The maximum atomic E-state index is 13.1. The first-order valence-electron chi connectivity index (χ1n) is 13.6. The zero-order chi connectivity index (χ0) is 28.3. The zero-order valence-corrected chi connectivity index (χ0v) is 23.3. The Kier molecular flexibility index (Phi) is 11.9. The molecule has 0 aliphatic heterocycles. The van der Waals surface area contributed by atoms with Crippen LogP contribution < -0.4 is 21.3 Å². The molecule has 1 saturated carbocycles. The number of hydrogen-bond donors (Lipinski definition) is 4. The summed E-state index contributed by atoms with van der Waals surface area (Å²) in [5.41, 5.74) is -0.295. The molecule has 3 atom stereocenters. The second kappa shape index (κ2) is 14.6. The number of carbonyl (C=O) groups is 5. The largest absolute Gasteiger partial charge is 0.347 e. The van der Waals surface area contributed by atoms with Gasteiger partial charge in [0.25, 0.3) is 11.8 Å². The van der Waals surface area contributed by atoms with E-state index in [1.165, 1.54) is 19.3 Å². The minimum atomic E-state index is -0.997. The normalized spacial score (nSPS) is 16.4. The predicted octanol–water partition coefficient (Wildman–Crippen LogP) is 2.42. The lowest BCUT2D eigenvalue weighted by atomic mass is 9.85. The van der Waals surface area contributed by atoms with E-state index < -0.39 is 53.0 Å². The molecule has 2 rings (SSSR count). The van der Waals surface area contributed by atoms with E-state index >= 15 is 0 Å². The Hall–Kier alpha value is -3.30. The van der Waals surface area contributed by atoms with Crippen LogP contribution in [0.3, 0.4) is 0 Å². The van der Waals surface area contributed by atoms with Gasteiger partial charge in [-0.2, -0.15) is 0 Å². The predicted molar refractivity (Wildman–Crippen MR) is 144 cm³/mol. The number of aromatic nitrogens is 1. The Morgan fingerprint density at radius 3 is 2.16 bits per heavy atom. The van der Waals surface area contributed by atoms with E-state index in [9.17, 15) is 24.0 Å². The first-order valence-corrected chi connectivity index (χ1v) is 13.6. The third-order valence-corrected chi connectivity index (χ3v) is 6.74. The summed E-state index contributed by atoms with van der Waals surface area (Å²) >= 11 is 0. The number of pyridine rings is 1. The number of ketones is 1. The van der Waals surface area contributed by atoms with Gasteiger partial charge in [-0.3, -0.25) is 29.0 Å². The van der Waals surface area contributed by atoms with Crippen molar-refractivity contribution in [2.45, 2.75) is 110 Å². The van der Waals surface area contributed by atoms with Crippen LogP contribution >= 0.6 is 0 Å². The fourth-order valence-corrected chi connectivity index (χ4v) is 4.39. The number of amides is 4. The standard InChI is InChI=1S/C28H43N5O5/c1-6-7-13-21(22(34)26(37)31-20-11-9-8-10-12-20)32-24(35)18(2)30-27(38)23(28(3,4)5)33-25(36)19-14-16-29-17-15-19/h14-18,20-21,23H,6-13H2,1-5H3,(H,30,38)(H,31,37)(H,32,35)(H,33,36). The van der Waals surface area contributed by atoms with Crippen molar-refractivity contribution in [3.63, 3.8) is 0 Å². The fraction of sp³-hybridized carbons (Fsp3) is 0.643. The molecule has 3 unspecified atom stereocenters. The van der Waals surface area contributed by atoms with Crippen molar-refractivity contribution in [1.29, 1.82) is 0 Å². The summed E-state index contributed by atoms with van der Waals surface area (Å²) in [5.74, 6) is -2.90. The van der Waals surface area contributed by atoms with Gasteiger partial charge in [0.05, 0.1) is 6.04 Å². The quantitative estimate of drug-likeness (QED) is 0.306. The van der Waals surface area contributed by atoms with Gasteiger partial charge in [-0.1, -0.05) is 59.8 Å². The lowest BCUT2D eigenvalue weighted by molar-refractivity contribution is -0.141. The van der Waals surface area contributed by atoms with Crippen LogP contribution in [0.25, 0.3) is 0 Å². The molecule has 1 aliphatic carbocycles. The van der Waals surface area contributed by atoms with Crippen molar-refractivity contribution >= 4 is 29.4 Å². The van der Waals surface area contributed by atoms with E-state index in [4.69, 9.17) is 0 Å². The third kappa shape index (κ3) is 9.54. The van der Waals surface area contributed by atoms with Gasteiger partial charge in [-0.25, -0.2) is 0 Å². The summed E-state index contributed by atoms with van der Waals surface area (Å²) < 4.78 is 0. The first kappa shape index (κ1) is 30.9. The highest BCUT2D eigenvalue weighted by Gasteiger charge is 2.35. The van der Waals surface area contributed by atoms with Crippen LogP contribution in [0.1, 0.15) is 96.3 Å². The number of hydrogen-bond acceptors (Lipinski definition) is 6. The third-order valence-electron chi connectivity index (χ3n) is 6.74. The summed E-state index contributed by atoms with van der Waals surface area (Å²) in [4.78, 5) is 68.3. The van der Waals surface area contributed by atoms with Crippen LogP contribution in [-0.4, -0.2) is 58.6 Å². The van der Waals surface area contributed by atoms with E-state index in [0.717, 1.165) is 38.5 Å². The monoisotopic (exact) mass is 529 g/mol. The van der Waals surface area contributed by atoms with E-state index in [2.05, 4.69) is 26.3 Å². The van der Waals surface area contributed by atoms with E-state index in [0.29, 0.717) is 18.4 Å². The Labute approximate surface area is 225 Å². The summed E-state index contributed by atoms with van der Waals surface area (Å²) in [7, 11) is 0. The van der Waals surface area contributed by atoms with Crippen LogP contribution in [0.4, 0.5) is 0 Å². The summed E-state index contributed by atoms with van der Waals surface area (Å²) in [6.45, 7) is 8.87. The molecule has 0 radical (unpaired) electrons. The van der Waals surface area contributed by atoms with Gasteiger partial charge < -0.3 is 21.3 Å². The smallest absolute Gasteiger partial charge is 0.289 e. The minimum absolute atomic E-state index is 0.0161. The molecule has 4 amide bonds. The van der Waals surface area contributed by atoms with Gasteiger partial charge >= 0.3 is 0 Å². The molecule has 0 spiro atoms. The molecular formula is C28H43N5O5. The fourth-order valence-electron chi connectivity index (χ4n) is 4.39. The van der Waals surface area contributed by atoms with Crippen LogP contribution in [-0.2, 0) is 19.2 Å². The second-order valence-electron chi connectivity index (χ2n) is 11.1. The summed E-state index contributed by atoms with van der Waals surface area (Å²) in [6, 6.07) is 0.162. The number of rotatable bonds is 12. The molecule has 1 aromatic rings. The molecule has 10 heteroatoms. The minimum Gasteiger partial charge on any atom is -0.347 e. The number of nitrogens with one attached hydrogen (secondary N) is 4. The van der Waals surface area contributed by atoms with Gasteiger partial charge in [0.15, 0.2) is 0 Å². The zero-order valence-electron chi connectivity index (χ0n) is 23.3. The molecule has 1 aliphatic rings. The molecule has 4 N–H and O–H groups in total. The van der Waals surface area contributed by atoms with Gasteiger partial charge in [0, 0.05) is 24.0 Å². The van der Waals surface area contributed by atoms with Gasteiger partial charge in [-0.15, -0.1) is 0 Å². The highest BCUT2D eigenvalue weighted by atomic mass is 16.2. The summed E-state index contributed by atoms with van der Waals surface area (Å²) in [6.07, 6.45) is 9.60. The SMILES string of the molecule is CCCCC(NC(=O)C(C)NC(=O)C(NC(=O)c1ccncc1)C(C)(C)C)C(=O)C(=O)NC1CCCCC1. The average molecular weight is 530 g/mol. The molecular weight excluding hydrogens is 486 g/mol. The average Bonchev–Trinajstić information content (AvgIpc) is 2.89.